The molecular formula is C53H98O11. The molecule has 1 fully saturated rings. The Kier molecular flexibility index (Phi) is 38.3. The van der Waals surface area contributed by atoms with Gasteiger partial charge in [0.25, 0.3) is 0 Å². The molecule has 64 heavy (non-hydrogen) atoms. The van der Waals surface area contributed by atoms with Gasteiger partial charge >= 0.3 is 23.9 Å². The van der Waals surface area contributed by atoms with Crippen molar-refractivity contribution in [3.63, 3.8) is 0 Å². The van der Waals surface area contributed by atoms with E-state index in [1.807, 2.05) is 0 Å². The number of ether oxygens (including phenoxy) is 4. The van der Waals surface area contributed by atoms with Crippen molar-refractivity contribution in [3.05, 3.63) is 0 Å². The van der Waals surface area contributed by atoms with Crippen LogP contribution in [0.1, 0.15) is 272 Å². The topological polar surface area (TPSA) is 166 Å². The van der Waals surface area contributed by atoms with Crippen LogP contribution in [0.4, 0.5) is 0 Å². The van der Waals surface area contributed by atoms with Gasteiger partial charge in [-0.25, -0.2) is 0 Å². The molecule has 6 atom stereocenters. The minimum Gasteiger partial charge on any atom is -0.463 e. The van der Waals surface area contributed by atoms with Crippen molar-refractivity contribution in [2.24, 2.45) is 0 Å². The summed E-state index contributed by atoms with van der Waals surface area (Å²) in [4.78, 5) is 51.3. The minimum atomic E-state index is -1.86. The average molecular weight is 911 g/mol. The van der Waals surface area contributed by atoms with Gasteiger partial charge in [-0.3, -0.25) is 19.2 Å². The molecular weight excluding hydrogens is 813 g/mol. The Hall–Kier alpha value is -2.24. The van der Waals surface area contributed by atoms with Crippen molar-refractivity contribution >= 4 is 23.9 Å². The van der Waals surface area contributed by atoms with Crippen LogP contribution < -0.4 is 0 Å². The summed E-state index contributed by atoms with van der Waals surface area (Å²) in [5.74, 6) is -2.82. The Morgan fingerprint density at radius 2 is 0.562 bits per heavy atom. The third-order valence-electron chi connectivity index (χ3n) is 12.7. The molecule has 0 aromatic rings. The zero-order chi connectivity index (χ0) is 47.0. The summed E-state index contributed by atoms with van der Waals surface area (Å²) in [5, 5.41) is 32.8. The van der Waals surface area contributed by atoms with E-state index in [2.05, 4.69) is 13.8 Å². The summed E-state index contributed by atoms with van der Waals surface area (Å²) < 4.78 is 22.0. The van der Waals surface area contributed by atoms with Gasteiger partial charge in [0.05, 0.1) is 18.9 Å². The van der Waals surface area contributed by atoms with E-state index >= 15 is 0 Å². The molecule has 3 N–H and O–H groups in total. The van der Waals surface area contributed by atoms with Crippen molar-refractivity contribution < 1.29 is 53.4 Å². The van der Waals surface area contributed by atoms with Crippen LogP contribution >= 0.6 is 0 Å². The summed E-state index contributed by atoms with van der Waals surface area (Å²) in [6.45, 7) is 7.88. The van der Waals surface area contributed by atoms with E-state index in [1.165, 1.54) is 161 Å². The number of hydrogen-bond donors (Lipinski definition) is 3. The van der Waals surface area contributed by atoms with Crippen molar-refractivity contribution in [2.75, 3.05) is 0 Å². The van der Waals surface area contributed by atoms with Crippen molar-refractivity contribution in [2.45, 2.75) is 314 Å². The van der Waals surface area contributed by atoms with E-state index in [0.29, 0.717) is 12.8 Å². The molecule has 0 heterocycles. The maximum Gasteiger partial charge on any atom is 0.306 e. The van der Waals surface area contributed by atoms with E-state index in [0.717, 1.165) is 44.9 Å². The van der Waals surface area contributed by atoms with E-state index in [4.69, 9.17) is 18.9 Å². The first-order chi connectivity index (χ1) is 31.0. The first-order valence-electron chi connectivity index (χ1n) is 26.8. The largest absolute Gasteiger partial charge is 0.463 e. The summed E-state index contributed by atoms with van der Waals surface area (Å²) in [5.41, 5.74) is 0. The summed E-state index contributed by atoms with van der Waals surface area (Å²) in [6, 6.07) is 0. The Balaban J connectivity index is 2.54. The monoisotopic (exact) mass is 911 g/mol. The zero-order valence-corrected chi connectivity index (χ0v) is 41.5. The van der Waals surface area contributed by atoms with Crippen LogP contribution in [0.15, 0.2) is 0 Å². The van der Waals surface area contributed by atoms with Crippen LogP contribution in [0.25, 0.3) is 0 Å². The van der Waals surface area contributed by atoms with Crippen molar-refractivity contribution in [1.29, 1.82) is 0 Å². The molecule has 1 aliphatic carbocycles. The second-order valence-electron chi connectivity index (χ2n) is 19.2. The van der Waals surface area contributed by atoms with E-state index < -0.39 is 66.9 Å². The number of hydrogen-bond acceptors (Lipinski definition) is 11. The van der Waals surface area contributed by atoms with Gasteiger partial charge in [-0.1, -0.05) is 219 Å². The Morgan fingerprint density at radius 1 is 0.328 bits per heavy atom. The van der Waals surface area contributed by atoms with Crippen LogP contribution in [0.2, 0.25) is 0 Å². The molecule has 0 radical (unpaired) electrons. The number of rotatable bonds is 43. The van der Waals surface area contributed by atoms with Gasteiger partial charge in [-0.15, -0.1) is 0 Å². The second kappa shape index (κ2) is 41.0. The maximum atomic E-state index is 13.2. The standard InChI is InChI=1S/C53H98O11/c1-5-7-9-11-13-15-17-19-21-23-25-27-29-31-33-35-37-39-44(54)62-51-49(59)48(58)50(60)52(63-47(57)42-41-46(56)61-43(3)4)53(51)64-45(55)40-38-36-34-32-30-28-26-24-22-20-18-16-14-12-10-8-6-2/h43,48-53,58-60H,5-42H2,1-4H3. The fourth-order valence-corrected chi connectivity index (χ4v) is 8.72. The maximum absolute atomic E-state index is 13.2. The predicted molar refractivity (Wildman–Crippen MR) is 256 cm³/mol. The van der Waals surface area contributed by atoms with Gasteiger partial charge in [0, 0.05) is 12.8 Å². The van der Waals surface area contributed by atoms with Crippen LogP contribution in [0.5, 0.6) is 0 Å². The van der Waals surface area contributed by atoms with E-state index in [9.17, 15) is 34.5 Å². The van der Waals surface area contributed by atoms with Gasteiger partial charge in [0.15, 0.2) is 18.3 Å². The highest BCUT2D eigenvalue weighted by atomic mass is 16.6. The first-order valence-corrected chi connectivity index (χ1v) is 26.8. The average Bonchev–Trinajstić information content (AvgIpc) is 3.26. The predicted octanol–water partition coefficient (Wildman–Crippen LogP) is 12.6. The molecule has 11 nitrogen and oxygen atoms in total. The Bertz CT molecular complexity index is 1150. The highest BCUT2D eigenvalue weighted by Gasteiger charge is 2.55. The molecule has 0 aliphatic heterocycles. The van der Waals surface area contributed by atoms with Crippen LogP contribution in [0.3, 0.4) is 0 Å². The number of carbonyl (C=O) groups is 4. The Morgan fingerprint density at radius 3 is 0.844 bits per heavy atom. The molecule has 0 saturated heterocycles. The molecule has 0 amide bonds. The van der Waals surface area contributed by atoms with Crippen LogP contribution in [-0.4, -0.2) is 81.9 Å². The van der Waals surface area contributed by atoms with Crippen molar-refractivity contribution in [3.8, 4) is 0 Å². The van der Waals surface area contributed by atoms with Gasteiger partial charge < -0.3 is 34.3 Å². The number of aliphatic hydroxyl groups excluding tert-OH is 3. The highest BCUT2D eigenvalue weighted by molar-refractivity contribution is 5.78. The van der Waals surface area contributed by atoms with Gasteiger partial charge in [-0.2, -0.15) is 0 Å². The number of aliphatic hydroxyl groups is 3. The normalized spacial score (nSPS) is 19.8. The lowest BCUT2D eigenvalue weighted by Crippen LogP contribution is -2.66. The van der Waals surface area contributed by atoms with Crippen molar-refractivity contribution in [1.82, 2.24) is 0 Å². The molecule has 1 saturated carbocycles. The van der Waals surface area contributed by atoms with Crippen LogP contribution in [-0.2, 0) is 38.1 Å². The molecule has 0 aromatic carbocycles. The molecule has 1 aliphatic rings. The molecule has 6 unspecified atom stereocenters. The third kappa shape index (κ3) is 31.6. The SMILES string of the molecule is CCCCCCCCCCCCCCCCCCCC(=O)OC1C(O)C(O)C(O)C(OC(=O)CCC(=O)OC(C)C)C1OC(=O)CCCCCCCCCCCCCCCCCCC. The molecule has 0 spiro atoms. The molecule has 376 valence electrons. The minimum absolute atomic E-state index is 0.0471. The second-order valence-corrected chi connectivity index (χ2v) is 19.2. The van der Waals surface area contributed by atoms with E-state index in [1.54, 1.807) is 13.8 Å². The summed E-state index contributed by atoms with van der Waals surface area (Å²) in [7, 11) is 0. The number of unbranched alkanes of at least 4 members (excludes halogenated alkanes) is 32. The van der Waals surface area contributed by atoms with Gasteiger partial charge in [0.2, 0.25) is 0 Å². The molecule has 1 rings (SSSR count). The lowest BCUT2D eigenvalue weighted by Gasteiger charge is -2.44. The number of esters is 4. The summed E-state index contributed by atoms with van der Waals surface area (Å²) >= 11 is 0. The zero-order valence-electron chi connectivity index (χ0n) is 41.5. The van der Waals surface area contributed by atoms with Crippen LogP contribution in [0, 0.1) is 0 Å². The van der Waals surface area contributed by atoms with Gasteiger partial charge in [-0.05, 0) is 26.7 Å². The molecule has 11 heteroatoms. The van der Waals surface area contributed by atoms with E-state index in [-0.39, 0.29) is 25.4 Å². The third-order valence-corrected chi connectivity index (χ3v) is 12.7. The Labute approximate surface area is 390 Å². The quantitative estimate of drug-likeness (QED) is 0.0303. The lowest BCUT2D eigenvalue weighted by molar-refractivity contribution is -0.248. The number of carbonyl (C=O) groups excluding carboxylic acids is 4. The fraction of sp³-hybridized carbons (Fsp3) is 0.925. The molecule has 0 aromatic heterocycles. The lowest BCUT2D eigenvalue weighted by atomic mass is 9.84. The molecule has 0 bridgehead atoms. The summed E-state index contributed by atoms with van der Waals surface area (Å²) in [6.07, 6.45) is 29.9. The highest BCUT2D eigenvalue weighted by Crippen LogP contribution is 2.30. The van der Waals surface area contributed by atoms with Gasteiger partial charge in [0.1, 0.15) is 18.3 Å². The first kappa shape index (κ1) is 59.8. The smallest absolute Gasteiger partial charge is 0.306 e. The fourth-order valence-electron chi connectivity index (χ4n) is 8.72.